The normalized spacial score (nSPS) is 11.4. The van der Waals surface area contributed by atoms with Crippen LogP contribution in [0.5, 0.6) is 5.75 Å². The van der Waals surface area contributed by atoms with Crippen molar-refractivity contribution in [1.29, 1.82) is 0 Å². The molecule has 0 saturated heterocycles. The average Bonchev–Trinajstić information content (AvgIpc) is 2.50. The minimum atomic E-state index is 0.898. The van der Waals surface area contributed by atoms with E-state index < -0.39 is 0 Å². The molecule has 0 aliphatic carbocycles. The minimum absolute atomic E-state index is 0.898. The number of hydrogen-bond acceptors (Lipinski definition) is 2. The number of methoxy groups -OCH3 is 1. The largest absolute Gasteiger partial charge is 0.497 e. The van der Waals surface area contributed by atoms with E-state index in [1.54, 1.807) is 7.11 Å². The van der Waals surface area contributed by atoms with Crippen molar-refractivity contribution in [3.8, 4) is 5.75 Å². The zero-order chi connectivity index (χ0) is 15.4. The Bertz CT molecular complexity index is 639. The van der Waals surface area contributed by atoms with Crippen LogP contribution in [0.3, 0.4) is 0 Å². The monoisotopic (exact) mass is 281 g/mol. The highest BCUT2D eigenvalue weighted by molar-refractivity contribution is 5.82. The van der Waals surface area contributed by atoms with Gasteiger partial charge >= 0.3 is 0 Å². The van der Waals surface area contributed by atoms with Crippen LogP contribution in [0.25, 0.3) is 5.57 Å². The van der Waals surface area contributed by atoms with Crippen LogP contribution < -0.4 is 9.64 Å². The summed E-state index contributed by atoms with van der Waals surface area (Å²) >= 11 is 0. The number of anilines is 1. The van der Waals surface area contributed by atoms with Crippen molar-refractivity contribution in [3.05, 3.63) is 65.2 Å². The lowest BCUT2D eigenvalue weighted by molar-refractivity contribution is 0.414. The highest BCUT2D eigenvalue weighted by Crippen LogP contribution is 2.29. The smallest absolute Gasteiger partial charge is 0.119 e. The molecule has 110 valence electrons. The fraction of sp³-hybridized carbons (Fsp3) is 0.263. The Morgan fingerprint density at radius 1 is 1.05 bits per heavy atom. The molecule has 2 nitrogen and oxygen atoms in total. The second-order valence-electron chi connectivity index (χ2n) is 5.32. The molecule has 0 fully saturated rings. The Kier molecular flexibility index (Phi) is 4.69. The topological polar surface area (TPSA) is 12.5 Å². The number of aryl methyl sites for hydroxylation is 1. The third kappa shape index (κ3) is 3.27. The lowest BCUT2D eigenvalue weighted by Crippen LogP contribution is -2.08. The molecule has 2 aromatic carbocycles. The molecule has 2 rings (SSSR count). The van der Waals surface area contributed by atoms with E-state index in [-0.39, 0.29) is 0 Å². The van der Waals surface area contributed by atoms with Crippen LogP contribution >= 0.6 is 0 Å². The number of benzene rings is 2. The highest BCUT2D eigenvalue weighted by Gasteiger charge is 2.08. The molecule has 0 heterocycles. The van der Waals surface area contributed by atoms with Gasteiger partial charge in [0.15, 0.2) is 0 Å². The van der Waals surface area contributed by atoms with E-state index in [1.807, 2.05) is 6.07 Å². The maximum absolute atomic E-state index is 5.29. The molecule has 0 unspecified atom stereocenters. The lowest BCUT2D eigenvalue weighted by Gasteiger charge is -2.15. The van der Waals surface area contributed by atoms with Crippen LogP contribution in [0.1, 0.15) is 23.6 Å². The molecule has 0 radical (unpaired) electrons. The van der Waals surface area contributed by atoms with Gasteiger partial charge in [-0.2, -0.15) is 0 Å². The molecule has 0 aliphatic rings. The predicted octanol–water partition coefficient (Wildman–Crippen LogP) is 4.52. The van der Waals surface area contributed by atoms with E-state index in [0.29, 0.717) is 0 Å². The van der Waals surface area contributed by atoms with Crippen molar-refractivity contribution in [3.63, 3.8) is 0 Å². The minimum Gasteiger partial charge on any atom is -0.497 e. The quantitative estimate of drug-likeness (QED) is 0.817. The van der Waals surface area contributed by atoms with Crippen LogP contribution in [0.4, 0.5) is 5.69 Å². The first-order valence-corrected chi connectivity index (χ1v) is 7.16. The number of nitrogens with zero attached hydrogens (tertiary/aromatic N) is 1. The van der Waals surface area contributed by atoms with Gasteiger partial charge in [-0.3, -0.25) is 0 Å². The van der Waals surface area contributed by atoms with Gasteiger partial charge in [-0.05, 0) is 60.4 Å². The molecule has 2 aromatic rings. The summed E-state index contributed by atoms with van der Waals surface area (Å²) in [6.45, 7) is 4.20. The summed E-state index contributed by atoms with van der Waals surface area (Å²) < 4.78 is 5.29. The van der Waals surface area contributed by atoms with Crippen LogP contribution in [0, 0.1) is 6.92 Å². The molecule has 2 heteroatoms. The summed E-state index contributed by atoms with van der Waals surface area (Å²) in [4.78, 5) is 2.11. The number of hydrogen-bond donors (Lipinski definition) is 0. The maximum atomic E-state index is 5.29. The highest BCUT2D eigenvalue weighted by atomic mass is 16.5. The molecule has 0 saturated carbocycles. The first kappa shape index (κ1) is 15.2. The fourth-order valence-electron chi connectivity index (χ4n) is 2.48. The van der Waals surface area contributed by atoms with Gasteiger partial charge in [0, 0.05) is 19.8 Å². The Hall–Kier alpha value is -2.22. The summed E-state index contributed by atoms with van der Waals surface area (Å²) in [5.41, 5.74) is 6.16. The summed E-state index contributed by atoms with van der Waals surface area (Å²) in [6.07, 6.45) is 2.17. The van der Waals surface area contributed by atoms with Crippen molar-refractivity contribution in [2.75, 3.05) is 26.1 Å². The number of allylic oxidation sites excluding steroid dienone is 1. The summed E-state index contributed by atoms with van der Waals surface area (Å²) in [5, 5.41) is 0. The van der Waals surface area contributed by atoms with Gasteiger partial charge in [-0.1, -0.05) is 24.3 Å². The fourth-order valence-corrected chi connectivity index (χ4v) is 2.48. The molecule has 0 spiro atoms. The molecule has 0 aromatic heterocycles. The molecular weight excluding hydrogens is 258 g/mol. The van der Waals surface area contributed by atoms with Crippen molar-refractivity contribution in [2.45, 2.75) is 13.8 Å². The SMILES string of the molecule is C/C=C(/c1ccc(N(C)C)cc1)c1ccc(OC)cc1C. The van der Waals surface area contributed by atoms with E-state index >= 15 is 0 Å². The van der Waals surface area contributed by atoms with Gasteiger partial charge in [0.1, 0.15) is 5.75 Å². The van der Waals surface area contributed by atoms with Gasteiger partial charge in [-0.25, -0.2) is 0 Å². The Morgan fingerprint density at radius 2 is 1.71 bits per heavy atom. The van der Waals surface area contributed by atoms with Crippen LogP contribution in [0.2, 0.25) is 0 Å². The van der Waals surface area contributed by atoms with Crippen molar-refractivity contribution in [1.82, 2.24) is 0 Å². The van der Waals surface area contributed by atoms with Gasteiger partial charge in [0.05, 0.1) is 7.11 Å². The molecule has 0 atom stereocenters. The van der Waals surface area contributed by atoms with Crippen molar-refractivity contribution in [2.24, 2.45) is 0 Å². The van der Waals surface area contributed by atoms with E-state index in [2.05, 4.69) is 75.3 Å². The standard InChI is InChI=1S/C19H23NO/c1-6-18(15-7-9-16(10-8-15)20(3)4)19-12-11-17(21-5)13-14(19)2/h6-13H,1-5H3/b18-6-. The van der Waals surface area contributed by atoms with Crippen molar-refractivity contribution < 1.29 is 4.74 Å². The molecule has 0 amide bonds. The van der Waals surface area contributed by atoms with Crippen molar-refractivity contribution >= 4 is 11.3 Å². The molecular formula is C19H23NO. The second-order valence-corrected chi connectivity index (χ2v) is 5.32. The van der Waals surface area contributed by atoms with E-state index in [4.69, 9.17) is 4.74 Å². The lowest BCUT2D eigenvalue weighted by atomic mass is 9.94. The summed E-state index contributed by atoms with van der Waals surface area (Å²) in [5.74, 6) is 0.898. The first-order valence-electron chi connectivity index (χ1n) is 7.16. The summed E-state index contributed by atoms with van der Waals surface area (Å²) in [6, 6.07) is 14.9. The Morgan fingerprint density at radius 3 is 2.19 bits per heavy atom. The van der Waals surface area contributed by atoms with Gasteiger partial charge in [0.2, 0.25) is 0 Å². The van der Waals surface area contributed by atoms with Gasteiger partial charge < -0.3 is 9.64 Å². The third-order valence-corrected chi connectivity index (χ3v) is 3.71. The molecule has 0 aliphatic heterocycles. The summed E-state index contributed by atoms with van der Waals surface area (Å²) in [7, 11) is 5.81. The Balaban J connectivity index is 2.40. The maximum Gasteiger partial charge on any atom is 0.119 e. The molecule has 0 N–H and O–H groups in total. The Labute approximate surface area is 127 Å². The first-order chi connectivity index (χ1) is 10.1. The van der Waals surface area contributed by atoms with Crippen LogP contribution in [-0.4, -0.2) is 21.2 Å². The van der Waals surface area contributed by atoms with Crippen LogP contribution in [0.15, 0.2) is 48.5 Å². The van der Waals surface area contributed by atoms with E-state index in [1.165, 1.54) is 28.0 Å². The van der Waals surface area contributed by atoms with Crippen LogP contribution in [-0.2, 0) is 0 Å². The number of rotatable bonds is 4. The predicted molar refractivity (Wildman–Crippen MR) is 91.3 cm³/mol. The number of ether oxygens (including phenoxy) is 1. The molecule has 0 bridgehead atoms. The zero-order valence-electron chi connectivity index (χ0n) is 13.5. The molecule has 21 heavy (non-hydrogen) atoms. The average molecular weight is 281 g/mol. The van der Waals surface area contributed by atoms with Gasteiger partial charge in [-0.15, -0.1) is 0 Å². The third-order valence-electron chi connectivity index (χ3n) is 3.71. The van der Waals surface area contributed by atoms with Gasteiger partial charge in [0.25, 0.3) is 0 Å². The van der Waals surface area contributed by atoms with E-state index in [0.717, 1.165) is 5.75 Å². The zero-order valence-corrected chi connectivity index (χ0v) is 13.5. The van der Waals surface area contributed by atoms with E-state index in [9.17, 15) is 0 Å². The second kappa shape index (κ2) is 6.49.